The Hall–Kier alpha value is -0.520. The van der Waals surface area contributed by atoms with E-state index >= 15 is 0 Å². The number of allylic oxidation sites excluding steroid dienone is 4. The maximum atomic E-state index is 2.39. The fourth-order valence-electron chi connectivity index (χ4n) is 2.47. The summed E-state index contributed by atoms with van der Waals surface area (Å²) in [5.74, 6) is 2.49. The Morgan fingerprint density at radius 3 is 2.54 bits per heavy atom. The van der Waals surface area contributed by atoms with Crippen LogP contribution in [0.2, 0.25) is 0 Å². The molecule has 0 heterocycles. The zero-order valence-corrected chi connectivity index (χ0v) is 9.01. The summed E-state index contributed by atoms with van der Waals surface area (Å²) in [5.41, 5.74) is 3.43. The van der Waals surface area contributed by atoms with Crippen LogP contribution in [0.5, 0.6) is 0 Å². The van der Waals surface area contributed by atoms with Crippen molar-refractivity contribution >= 4 is 0 Å². The Labute approximate surface area is 81.7 Å². The molecule has 0 aromatic carbocycles. The molecule has 1 unspecified atom stereocenters. The fourth-order valence-corrected chi connectivity index (χ4v) is 2.47. The molecule has 0 bridgehead atoms. The van der Waals surface area contributed by atoms with Gasteiger partial charge in [0.1, 0.15) is 0 Å². The van der Waals surface area contributed by atoms with Crippen LogP contribution in [0.3, 0.4) is 0 Å². The molecule has 1 atom stereocenters. The first-order valence-electron chi connectivity index (χ1n) is 5.60. The van der Waals surface area contributed by atoms with E-state index in [1.807, 2.05) is 0 Å². The highest BCUT2D eigenvalue weighted by molar-refractivity contribution is 5.35. The molecule has 0 radical (unpaired) electrons. The minimum absolute atomic E-state index is 0.717. The largest absolute Gasteiger partial charge is 0.0837 e. The lowest BCUT2D eigenvalue weighted by Gasteiger charge is -2.24. The van der Waals surface area contributed by atoms with Gasteiger partial charge in [0.25, 0.3) is 0 Å². The molecule has 1 saturated carbocycles. The van der Waals surface area contributed by atoms with Crippen molar-refractivity contribution < 1.29 is 0 Å². The van der Waals surface area contributed by atoms with Crippen LogP contribution >= 0.6 is 0 Å². The Bertz CT molecular complexity index is 251. The molecule has 2 aliphatic carbocycles. The SMILES string of the molecule is CC(C)C1=C(C2CC2)C(C)CC=C1. The van der Waals surface area contributed by atoms with E-state index in [-0.39, 0.29) is 0 Å². The molecule has 0 N–H and O–H groups in total. The van der Waals surface area contributed by atoms with E-state index in [2.05, 4.69) is 32.9 Å². The summed E-state index contributed by atoms with van der Waals surface area (Å²) in [7, 11) is 0. The lowest BCUT2D eigenvalue weighted by molar-refractivity contribution is 0.603. The molecule has 0 heteroatoms. The standard InChI is InChI=1S/C13H20/c1-9(2)12-6-4-5-10(3)13(12)11-7-8-11/h4,6,9-11H,5,7-8H2,1-3H3. The second kappa shape index (κ2) is 3.32. The molecule has 0 saturated heterocycles. The van der Waals surface area contributed by atoms with Crippen LogP contribution in [0.1, 0.15) is 40.0 Å². The van der Waals surface area contributed by atoms with Crippen molar-refractivity contribution in [2.75, 3.05) is 0 Å². The van der Waals surface area contributed by atoms with Gasteiger partial charge in [-0.25, -0.2) is 0 Å². The van der Waals surface area contributed by atoms with Crippen LogP contribution in [0.25, 0.3) is 0 Å². The first-order chi connectivity index (χ1) is 6.20. The maximum absolute atomic E-state index is 2.39. The summed E-state index contributed by atoms with van der Waals surface area (Å²) < 4.78 is 0. The van der Waals surface area contributed by atoms with Gasteiger partial charge in [-0.2, -0.15) is 0 Å². The van der Waals surface area contributed by atoms with E-state index in [4.69, 9.17) is 0 Å². The summed E-state index contributed by atoms with van der Waals surface area (Å²) in [6, 6.07) is 0. The van der Waals surface area contributed by atoms with E-state index < -0.39 is 0 Å². The summed E-state index contributed by atoms with van der Waals surface area (Å²) in [6.07, 6.45) is 8.89. The predicted molar refractivity (Wildman–Crippen MR) is 57.5 cm³/mol. The minimum Gasteiger partial charge on any atom is -0.0837 e. The Morgan fingerprint density at radius 1 is 1.31 bits per heavy atom. The minimum atomic E-state index is 0.717. The van der Waals surface area contributed by atoms with Crippen LogP contribution in [0.4, 0.5) is 0 Å². The lowest BCUT2D eigenvalue weighted by Crippen LogP contribution is -2.10. The van der Waals surface area contributed by atoms with E-state index in [1.165, 1.54) is 19.3 Å². The smallest absolute Gasteiger partial charge is 0.0188 e. The summed E-state index contributed by atoms with van der Waals surface area (Å²) in [5, 5.41) is 0. The van der Waals surface area contributed by atoms with E-state index in [0.717, 1.165) is 17.8 Å². The van der Waals surface area contributed by atoms with Gasteiger partial charge in [-0.1, -0.05) is 38.5 Å². The Morgan fingerprint density at radius 2 is 2.00 bits per heavy atom. The lowest BCUT2D eigenvalue weighted by atomic mass is 9.81. The van der Waals surface area contributed by atoms with Crippen molar-refractivity contribution in [1.29, 1.82) is 0 Å². The van der Waals surface area contributed by atoms with Crippen molar-refractivity contribution in [3.63, 3.8) is 0 Å². The highest BCUT2D eigenvalue weighted by Crippen LogP contribution is 2.45. The predicted octanol–water partition coefficient (Wildman–Crippen LogP) is 3.95. The monoisotopic (exact) mass is 176 g/mol. The topological polar surface area (TPSA) is 0 Å². The van der Waals surface area contributed by atoms with Crippen LogP contribution in [-0.2, 0) is 0 Å². The van der Waals surface area contributed by atoms with Crippen LogP contribution in [-0.4, -0.2) is 0 Å². The maximum Gasteiger partial charge on any atom is -0.0188 e. The Balaban J connectivity index is 2.31. The molecule has 0 nitrogen and oxygen atoms in total. The van der Waals surface area contributed by atoms with E-state index in [1.54, 1.807) is 11.1 Å². The first kappa shape index (κ1) is 9.05. The third-order valence-corrected chi connectivity index (χ3v) is 3.29. The highest BCUT2D eigenvalue weighted by atomic mass is 14.4. The van der Waals surface area contributed by atoms with E-state index in [0.29, 0.717) is 0 Å². The van der Waals surface area contributed by atoms with Crippen LogP contribution in [0.15, 0.2) is 23.3 Å². The Kier molecular flexibility index (Phi) is 2.31. The van der Waals surface area contributed by atoms with Crippen molar-refractivity contribution in [2.45, 2.75) is 40.0 Å². The highest BCUT2D eigenvalue weighted by Gasteiger charge is 2.32. The van der Waals surface area contributed by atoms with Gasteiger partial charge in [0.2, 0.25) is 0 Å². The average molecular weight is 176 g/mol. The third kappa shape index (κ3) is 1.72. The molecule has 72 valence electrons. The summed E-state index contributed by atoms with van der Waals surface area (Å²) in [4.78, 5) is 0. The fraction of sp³-hybridized carbons (Fsp3) is 0.692. The van der Waals surface area contributed by atoms with Gasteiger partial charge in [0.15, 0.2) is 0 Å². The van der Waals surface area contributed by atoms with E-state index in [9.17, 15) is 0 Å². The molecule has 1 fully saturated rings. The quantitative estimate of drug-likeness (QED) is 0.597. The molecule has 0 aliphatic heterocycles. The summed E-state index contributed by atoms with van der Waals surface area (Å²) >= 11 is 0. The van der Waals surface area contributed by atoms with Gasteiger partial charge < -0.3 is 0 Å². The molecular weight excluding hydrogens is 156 g/mol. The zero-order valence-electron chi connectivity index (χ0n) is 9.01. The third-order valence-electron chi connectivity index (χ3n) is 3.29. The number of hydrogen-bond acceptors (Lipinski definition) is 0. The molecule has 2 aliphatic rings. The molecule has 0 spiro atoms. The molecule has 2 rings (SSSR count). The normalized spacial score (nSPS) is 28.8. The molecule has 13 heavy (non-hydrogen) atoms. The second-order valence-corrected chi connectivity index (χ2v) is 4.88. The van der Waals surface area contributed by atoms with Gasteiger partial charge >= 0.3 is 0 Å². The van der Waals surface area contributed by atoms with Gasteiger partial charge in [-0.3, -0.25) is 0 Å². The second-order valence-electron chi connectivity index (χ2n) is 4.88. The van der Waals surface area contributed by atoms with Crippen molar-refractivity contribution in [2.24, 2.45) is 17.8 Å². The summed E-state index contributed by atoms with van der Waals surface area (Å²) in [6.45, 7) is 7.03. The molecule has 0 aromatic rings. The molecule has 0 amide bonds. The van der Waals surface area contributed by atoms with Gasteiger partial charge in [0, 0.05) is 0 Å². The van der Waals surface area contributed by atoms with Crippen LogP contribution in [0, 0.1) is 17.8 Å². The number of rotatable bonds is 2. The first-order valence-corrected chi connectivity index (χ1v) is 5.60. The van der Waals surface area contributed by atoms with Crippen molar-refractivity contribution in [1.82, 2.24) is 0 Å². The van der Waals surface area contributed by atoms with Gasteiger partial charge in [-0.05, 0) is 42.6 Å². The molecular formula is C13H20. The van der Waals surface area contributed by atoms with Crippen molar-refractivity contribution in [3.05, 3.63) is 23.3 Å². The number of hydrogen-bond donors (Lipinski definition) is 0. The van der Waals surface area contributed by atoms with Crippen molar-refractivity contribution in [3.8, 4) is 0 Å². The average Bonchev–Trinajstić information content (AvgIpc) is 2.86. The van der Waals surface area contributed by atoms with Gasteiger partial charge in [0.05, 0.1) is 0 Å². The molecule has 0 aromatic heterocycles. The zero-order chi connectivity index (χ0) is 9.42. The van der Waals surface area contributed by atoms with Gasteiger partial charge in [-0.15, -0.1) is 0 Å². The van der Waals surface area contributed by atoms with Crippen LogP contribution < -0.4 is 0 Å².